The van der Waals surface area contributed by atoms with Gasteiger partial charge in [0.2, 0.25) is 0 Å². The third kappa shape index (κ3) is 4.55. The van der Waals surface area contributed by atoms with Gasteiger partial charge in [-0.15, -0.1) is 0 Å². The maximum atomic E-state index is 15.1. The van der Waals surface area contributed by atoms with Crippen LogP contribution in [-0.2, 0) is 25.2 Å². The summed E-state index contributed by atoms with van der Waals surface area (Å²) in [4.78, 5) is 25.6. The van der Waals surface area contributed by atoms with Crippen molar-refractivity contribution in [3.8, 4) is 6.07 Å². The monoisotopic (exact) mass is 488 g/mol. The Hall–Kier alpha value is -3.07. The Morgan fingerprint density at radius 1 is 1.24 bits per heavy atom. The normalized spacial score (nSPS) is 18.9. The van der Waals surface area contributed by atoms with Gasteiger partial charge in [-0.3, -0.25) is 0 Å². The number of dihydropyridines is 1. The van der Waals surface area contributed by atoms with Crippen molar-refractivity contribution in [2.75, 3.05) is 25.3 Å². The number of carbonyl (C=O) groups is 2. The first-order valence-electron chi connectivity index (χ1n) is 9.48. The topological polar surface area (TPSA) is 88.4 Å². The Balaban J connectivity index is 2.36. The minimum Gasteiger partial charge on any atom is -0.466 e. The maximum Gasteiger partial charge on any atom is 0.418 e. The fraction of sp³-hybridized carbons (Fsp3) is 0.381. The van der Waals surface area contributed by atoms with Crippen LogP contribution in [0.2, 0.25) is 0 Å². The summed E-state index contributed by atoms with van der Waals surface area (Å²) in [5, 5.41) is 11.7. The number of hydrogen-bond donors (Lipinski definition) is 1. The molecule has 1 aromatic carbocycles. The van der Waals surface area contributed by atoms with Crippen LogP contribution in [0.25, 0.3) is 0 Å². The number of nitriles is 1. The van der Waals surface area contributed by atoms with E-state index in [-0.39, 0.29) is 5.70 Å². The van der Waals surface area contributed by atoms with Crippen LogP contribution in [0.1, 0.15) is 29.5 Å². The van der Waals surface area contributed by atoms with Crippen molar-refractivity contribution in [1.29, 1.82) is 5.26 Å². The van der Waals surface area contributed by atoms with E-state index in [2.05, 4.69) is 10.1 Å². The molecule has 1 aromatic rings. The number of benzene rings is 1. The van der Waals surface area contributed by atoms with Crippen LogP contribution in [-0.4, -0.2) is 43.3 Å². The second kappa shape index (κ2) is 9.43. The van der Waals surface area contributed by atoms with E-state index in [1.54, 1.807) is 0 Å². The Labute approximate surface area is 189 Å². The standard InChI is InChI=1S/C21H17F5N2O4S/c1-9-14(20(30)32-11-7-33-8-11)17(16(19(29)31-2)13(5-22)28-9)15-12(23)4-3-10(6-27)18(15)21(24,25)26/h3-4,11,17,28H,5,7-8H2,1-2H3. The van der Waals surface area contributed by atoms with Gasteiger partial charge < -0.3 is 14.8 Å². The average molecular weight is 488 g/mol. The molecule has 1 saturated heterocycles. The number of methoxy groups -OCH3 is 1. The van der Waals surface area contributed by atoms with Crippen molar-refractivity contribution in [3.05, 3.63) is 57.2 Å². The van der Waals surface area contributed by atoms with Crippen LogP contribution >= 0.6 is 11.8 Å². The first kappa shape index (κ1) is 24.6. The largest absolute Gasteiger partial charge is 0.466 e. The molecule has 3 rings (SSSR count). The number of allylic oxidation sites excluding steroid dienone is 2. The summed E-state index contributed by atoms with van der Waals surface area (Å²) >= 11 is 1.47. The lowest BCUT2D eigenvalue weighted by molar-refractivity contribution is -0.144. The lowest BCUT2D eigenvalue weighted by Gasteiger charge is -2.33. The highest BCUT2D eigenvalue weighted by molar-refractivity contribution is 8.00. The number of alkyl halides is 4. The molecule has 12 heteroatoms. The molecule has 1 atom stereocenters. The van der Waals surface area contributed by atoms with E-state index in [4.69, 9.17) is 4.74 Å². The first-order valence-corrected chi connectivity index (χ1v) is 10.6. The summed E-state index contributed by atoms with van der Waals surface area (Å²) in [6, 6.07) is 2.61. The Morgan fingerprint density at radius 3 is 2.39 bits per heavy atom. The highest BCUT2D eigenvalue weighted by atomic mass is 32.2. The number of nitrogens with zero attached hydrogens (tertiary/aromatic N) is 1. The van der Waals surface area contributed by atoms with Crippen LogP contribution in [0, 0.1) is 17.1 Å². The molecule has 2 heterocycles. The summed E-state index contributed by atoms with van der Waals surface area (Å²) in [5.74, 6) is -4.92. The summed E-state index contributed by atoms with van der Waals surface area (Å²) in [6.45, 7) is -0.0804. The quantitative estimate of drug-likeness (QED) is 0.499. The maximum absolute atomic E-state index is 15.1. The third-order valence-corrected chi connectivity index (χ3v) is 6.38. The SMILES string of the molecule is COC(=O)C1=C(CF)NC(C)=C(C(=O)OC2CSC2)C1c1c(F)ccc(C#N)c1C(F)(F)F. The number of ether oxygens (including phenoxy) is 2. The van der Waals surface area contributed by atoms with Gasteiger partial charge in [-0.25, -0.2) is 18.4 Å². The number of carbonyl (C=O) groups excluding carboxylic acids is 2. The van der Waals surface area contributed by atoms with Gasteiger partial charge in [-0.05, 0) is 19.1 Å². The smallest absolute Gasteiger partial charge is 0.418 e. The highest BCUT2D eigenvalue weighted by Gasteiger charge is 2.47. The Morgan fingerprint density at radius 2 is 1.91 bits per heavy atom. The molecule has 0 aliphatic carbocycles. The van der Waals surface area contributed by atoms with Crippen LogP contribution in [0.4, 0.5) is 22.0 Å². The van der Waals surface area contributed by atoms with Crippen molar-refractivity contribution in [2.24, 2.45) is 0 Å². The first-order chi connectivity index (χ1) is 15.5. The van der Waals surface area contributed by atoms with E-state index >= 15 is 4.39 Å². The fourth-order valence-corrected chi connectivity index (χ4v) is 4.25. The molecule has 6 nitrogen and oxygen atoms in total. The molecular formula is C21H17F5N2O4S. The minimum atomic E-state index is -5.24. The molecule has 1 fully saturated rings. The second-order valence-electron chi connectivity index (χ2n) is 7.17. The lowest BCUT2D eigenvalue weighted by Crippen LogP contribution is -2.38. The molecule has 2 aliphatic rings. The predicted octanol–water partition coefficient (Wildman–Crippen LogP) is 3.73. The summed E-state index contributed by atoms with van der Waals surface area (Å²) in [5.41, 5.74) is -5.60. The number of esters is 2. The summed E-state index contributed by atoms with van der Waals surface area (Å²) in [7, 11) is 0.906. The molecule has 1 unspecified atom stereocenters. The zero-order chi connectivity index (χ0) is 24.5. The molecule has 2 aliphatic heterocycles. The third-order valence-electron chi connectivity index (χ3n) is 5.17. The molecule has 0 bridgehead atoms. The van der Waals surface area contributed by atoms with Gasteiger partial charge in [0, 0.05) is 22.8 Å². The van der Waals surface area contributed by atoms with Crippen LogP contribution in [0.3, 0.4) is 0 Å². The van der Waals surface area contributed by atoms with Crippen molar-refractivity contribution in [3.63, 3.8) is 0 Å². The molecule has 0 saturated carbocycles. The van der Waals surface area contributed by atoms with E-state index < -0.39 is 76.2 Å². The number of thioether (sulfide) groups is 1. The second-order valence-corrected chi connectivity index (χ2v) is 8.25. The number of hydrogen-bond acceptors (Lipinski definition) is 7. The van der Waals surface area contributed by atoms with Gasteiger partial charge in [0.25, 0.3) is 0 Å². The molecule has 33 heavy (non-hydrogen) atoms. The lowest BCUT2D eigenvalue weighted by atomic mass is 9.77. The molecular weight excluding hydrogens is 471 g/mol. The molecule has 1 N–H and O–H groups in total. The van der Waals surface area contributed by atoms with Gasteiger partial charge >= 0.3 is 18.1 Å². The van der Waals surface area contributed by atoms with Gasteiger partial charge in [0.05, 0.1) is 47.1 Å². The number of nitrogens with one attached hydrogen (secondary N) is 1. The fourth-order valence-electron chi connectivity index (χ4n) is 3.68. The average Bonchev–Trinajstić information content (AvgIpc) is 2.73. The minimum absolute atomic E-state index is 0.118. The van der Waals surface area contributed by atoms with E-state index in [0.717, 1.165) is 7.11 Å². The zero-order valence-corrected chi connectivity index (χ0v) is 18.1. The highest BCUT2D eigenvalue weighted by Crippen LogP contribution is 2.47. The van der Waals surface area contributed by atoms with E-state index in [1.165, 1.54) is 24.8 Å². The van der Waals surface area contributed by atoms with Crippen LogP contribution in [0.5, 0.6) is 0 Å². The zero-order valence-electron chi connectivity index (χ0n) is 17.3. The molecule has 0 spiro atoms. The Bertz CT molecular complexity index is 1100. The number of halogens is 5. The number of rotatable bonds is 5. The van der Waals surface area contributed by atoms with E-state index in [1.807, 2.05) is 0 Å². The molecule has 0 radical (unpaired) electrons. The summed E-state index contributed by atoms with van der Waals surface area (Å²) in [6.07, 6.45) is -5.76. The Kier molecular flexibility index (Phi) is 7.02. The van der Waals surface area contributed by atoms with Crippen molar-refractivity contribution >= 4 is 23.7 Å². The van der Waals surface area contributed by atoms with Crippen LogP contribution < -0.4 is 5.32 Å². The van der Waals surface area contributed by atoms with Gasteiger partial charge in [0.1, 0.15) is 18.6 Å². The van der Waals surface area contributed by atoms with Crippen molar-refractivity contribution < 1.29 is 41.0 Å². The van der Waals surface area contributed by atoms with Gasteiger partial charge in [-0.1, -0.05) is 0 Å². The van der Waals surface area contributed by atoms with Gasteiger partial charge in [-0.2, -0.15) is 30.2 Å². The predicted molar refractivity (Wildman–Crippen MR) is 107 cm³/mol. The molecule has 0 aromatic heterocycles. The molecule has 0 amide bonds. The molecule has 176 valence electrons. The van der Waals surface area contributed by atoms with Crippen molar-refractivity contribution in [1.82, 2.24) is 5.32 Å². The van der Waals surface area contributed by atoms with E-state index in [9.17, 15) is 32.4 Å². The van der Waals surface area contributed by atoms with E-state index in [0.29, 0.717) is 23.6 Å². The van der Waals surface area contributed by atoms with Crippen molar-refractivity contribution in [2.45, 2.75) is 25.1 Å². The summed E-state index contributed by atoms with van der Waals surface area (Å²) < 4.78 is 81.0. The van der Waals surface area contributed by atoms with Crippen LogP contribution in [0.15, 0.2) is 34.7 Å². The van der Waals surface area contributed by atoms with Gasteiger partial charge in [0.15, 0.2) is 0 Å².